The minimum Gasteiger partial charge on any atom is -0.494 e. The maximum atomic E-state index is 12.7. The first-order valence-electron chi connectivity index (χ1n) is 13.9. The fourth-order valence-corrected chi connectivity index (χ4v) is 4.93. The molecule has 228 valence electrons. The second-order valence-electron chi connectivity index (χ2n) is 9.60. The van der Waals surface area contributed by atoms with E-state index in [2.05, 4.69) is 15.2 Å². The molecule has 0 aromatic heterocycles. The molecule has 0 aliphatic heterocycles. The molecule has 0 heterocycles. The molecule has 0 fully saturated rings. The van der Waals surface area contributed by atoms with Crippen molar-refractivity contribution in [1.29, 1.82) is 0 Å². The summed E-state index contributed by atoms with van der Waals surface area (Å²) in [5, 5.41) is 4.00. The van der Waals surface area contributed by atoms with Crippen molar-refractivity contribution in [2.24, 2.45) is 5.10 Å². The van der Waals surface area contributed by atoms with Gasteiger partial charge in [0.05, 0.1) is 29.9 Å². The zero-order valence-corrected chi connectivity index (χ0v) is 25.4. The molecule has 10 nitrogen and oxygen atoms in total. The standard InChI is InChI=1S/C33H33N3O7S/c1-4-20-42-28-15-11-26(12-16-28)33(38)43-30-19-8-24(21-31(30)41-5-2)22-34-35-32(37)25-9-13-27(14-10-25)36-44(39,40)29-17-6-23(3)7-18-29/h6-19,21-22,36H,4-5,20H2,1-3H3,(H,35,37)/b34-22-. The number of benzene rings is 4. The minimum absolute atomic E-state index is 0.140. The van der Waals surface area contributed by atoms with Gasteiger partial charge < -0.3 is 14.2 Å². The molecule has 4 aromatic carbocycles. The Morgan fingerprint density at radius 3 is 2.16 bits per heavy atom. The van der Waals surface area contributed by atoms with Crippen LogP contribution in [-0.2, 0) is 10.0 Å². The number of nitrogens with zero attached hydrogens (tertiary/aromatic N) is 1. The van der Waals surface area contributed by atoms with Gasteiger partial charge in [0.2, 0.25) is 0 Å². The van der Waals surface area contributed by atoms with E-state index in [9.17, 15) is 18.0 Å². The Morgan fingerprint density at radius 2 is 1.50 bits per heavy atom. The molecular formula is C33H33N3O7S. The van der Waals surface area contributed by atoms with Gasteiger partial charge in [0.15, 0.2) is 11.5 Å². The summed E-state index contributed by atoms with van der Waals surface area (Å²) in [6.45, 7) is 6.62. The number of hydrazone groups is 1. The fraction of sp³-hybridized carbons (Fsp3) is 0.182. The van der Waals surface area contributed by atoms with Crippen LogP contribution in [0.5, 0.6) is 17.2 Å². The normalized spacial score (nSPS) is 11.2. The van der Waals surface area contributed by atoms with Gasteiger partial charge in [0.1, 0.15) is 5.75 Å². The van der Waals surface area contributed by atoms with Gasteiger partial charge in [0, 0.05) is 11.3 Å². The van der Waals surface area contributed by atoms with Crippen LogP contribution in [0.3, 0.4) is 0 Å². The average Bonchev–Trinajstić information content (AvgIpc) is 3.02. The van der Waals surface area contributed by atoms with Gasteiger partial charge in [-0.05, 0) is 105 Å². The zero-order valence-electron chi connectivity index (χ0n) is 24.6. The number of nitrogens with one attached hydrogen (secondary N) is 2. The molecule has 0 unspecified atom stereocenters. The highest BCUT2D eigenvalue weighted by Crippen LogP contribution is 2.29. The van der Waals surface area contributed by atoms with Crippen molar-refractivity contribution < 1.29 is 32.2 Å². The molecule has 0 saturated heterocycles. The number of aryl methyl sites for hydroxylation is 1. The largest absolute Gasteiger partial charge is 0.494 e. The van der Waals surface area contributed by atoms with Gasteiger partial charge in [-0.1, -0.05) is 24.6 Å². The molecule has 4 rings (SSSR count). The highest BCUT2D eigenvalue weighted by molar-refractivity contribution is 7.92. The van der Waals surface area contributed by atoms with E-state index in [0.717, 1.165) is 12.0 Å². The molecule has 4 aromatic rings. The van der Waals surface area contributed by atoms with Crippen LogP contribution in [0.1, 0.15) is 52.1 Å². The number of sulfonamides is 1. The highest BCUT2D eigenvalue weighted by Gasteiger charge is 2.15. The number of carbonyl (C=O) groups excluding carboxylic acids is 2. The molecule has 0 radical (unpaired) electrons. The predicted octanol–water partition coefficient (Wildman–Crippen LogP) is 5.97. The van der Waals surface area contributed by atoms with Crippen LogP contribution in [0.2, 0.25) is 0 Å². The molecule has 0 spiro atoms. The van der Waals surface area contributed by atoms with E-state index in [-0.39, 0.29) is 16.2 Å². The van der Waals surface area contributed by atoms with Gasteiger partial charge in [-0.25, -0.2) is 18.6 Å². The molecule has 0 aliphatic carbocycles. The third-order valence-corrected chi connectivity index (χ3v) is 7.54. The highest BCUT2D eigenvalue weighted by atomic mass is 32.2. The molecule has 1 amide bonds. The van der Waals surface area contributed by atoms with E-state index in [1.165, 1.54) is 42.6 Å². The zero-order chi connectivity index (χ0) is 31.5. The van der Waals surface area contributed by atoms with Crippen molar-refractivity contribution in [1.82, 2.24) is 5.43 Å². The van der Waals surface area contributed by atoms with E-state index < -0.39 is 21.9 Å². The fourth-order valence-electron chi connectivity index (χ4n) is 3.87. The van der Waals surface area contributed by atoms with E-state index >= 15 is 0 Å². The third-order valence-electron chi connectivity index (χ3n) is 6.14. The monoisotopic (exact) mass is 615 g/mol. The maximum absolute atomic E-state index is 12.7. The molecule has 0 bridgehead atoms. The summed E-state index contributed by atoms with van der Waals surface area (Å²) < 4.78 is 44.5. The first-order chi connectivity index (χ1) is 21.2. The van der Waals surface area contributed by atoms with Crippen LogP contribution in [0, 0.1) is 6.92 Å². The number of hydrogen-bond acceptors (Lipinski definition) is 8. The number of rotatable bonds is 13. The Bertz CT molecular complexity index is 1720. The van der Waals surface area contributed by atoms with Crippen molar-refractivity contribution in [3.05, 3.63) is 113 Å². The van der Waals surface area contributed by atoms with Crippen molar-refractivity contribution in [3.8, 4) is 17.2 Å². The summed E-state index contributed by atoms with van der Waals surface area (Å²) in [5.41, 5.74) is 4.93. The number of anilines is 1. The summed E-state index contributed by atoms with van der Waals surface area (Å²) in [7, 11) is -3.76. The predicted molar refractivity (Wildman–Crippen MR) is 168 cm³/mol. The molecular weight excluding hydrogens is 582 g/mol. The van der Waals surface area contributed by atoms with Crippen molar-refractivity contribution in [2.45, 2.75) is 32.1 Å². The van der Waals surface area contributed by atoms with Crippen molar-refractivity contribution in [2.75, 3.05) is 17.9 Å². The summed E-state index contributed by atoms with van der Waals surface area (Å²) in [4.78, 5) is 25.4. The van der Waals surface area contributed by atoms with Gasteiger partial charge in [-0.2, -0.15) is 5.10 Å². The Kier molecular flexibility index (Phi) is 10.7. The Hall–Kier alpha value is -5.16. The first kappa shape index (κ1) is 31.8. The van der Waals surface area contributed by atoms with Gasteiger partial charge in [-0.15, -0.1) is 0 Å². The second kappa shape index (κ2) is 14.8. The Morgan fingerprint density at radius 1 is 0.818 bits per heavy atom. The summed E-state index contributed by atoms with van der Waals surface area (Å²) in [6, 6.07) is 24.0. The van der Waals surface area contributed by atoms with E-state index in [0.29, 0.717) is 41.5 Å². The van der Waals surface area contributed by atoms with Crippen LogP contribution < -0.4 is 24.4 Å². The lowest BCUT2D eigenvalue weighted by molar-refractivity contribution is 0.0728. The first-order valence-corrected chi connectivity index (χ1v) is 15.4. The van der Waals surface area contributed by atoms with Crippen molar-refractivity contribution in [3.63, 3.8) is 0 Å². The van der Waals surface area contributed by atoms with Crippen LogP contribution >= 0.6 is 0 Å². The SMILES string of the molecule is CCCOc1ccc(C(=O)Oc2ccc(/C=N\NC(=O)c3ccc(NS(=O)(=O)c4ccc(C)cc4)cc3)cc2OCC)cc1. The van der Waals surface area contributed by atoms with Gasteiger partial charge in [0.25, 0.3) is 15.9 Å². The van der Waals surface area contributed by atoms with E-state index in [4.69, 9.17) is 14.2 Å². The molecule has 44 heavy (non-hydrogen) atoms. The lowest BCUT2D eigenvalue weighted by Gasteiger charge is -2.12. The number of esters is 1. The van der Waals surface area contributed by atoms with Gasteiger partial charge >= 0.3 is 5.97 Å². The molecule has 0 aliphatic rings. The Balaban J connectivity index is 1.35. The third kappa shape index (κ3) is 8.68. The van der Waals surface area contributed by atoms with Gasteiger partial charge in [-0.3, -0.25) is 9.52 Å². The molecule has 2 N–H and O–H groups in total. The lowest BCUT2D eigenvalue weighted by Crippen LogP contribution is -2.18. The van der Waals surface area contributed by atoms with Crippen LogP contribution in [0.15, 0.2) is 101 Å². The Labute approximate surface area is 256 Å². The molecule has 11 heteroatoms. The van der Waals surface area contributed by atoms with E-state index in [1.54, 1.807) is 61.5 Å². The number of hydrogen-bond donors (Lipinski definition) is 2. The van der Waals surface area contributed by atoms with E-state index in [1.807, 2.05) is 13.8 Å². The maximum Gasteiger partial charge on any atom is 0.343 e. The smallest absolute Gasteiger partial charge is 0.343 e. The number of carbonyl (C=O) groups is 2. The number of ether oxygens (including phenoxy) is 3. The molecule has 0 saturated carbocycles. The van der Waals surface area contributed by atoms with Crippen LogP contribution in [0.25, 0.3) is 0 Å². The quantitative estimate of drug-likeness (QED) is 0.0820. The minimum atomic E-state index is -3.76. The summed E-state index contributed by atoms with van der Waals surface area (Å²) >= 11 is 0. The molecule has 0 atom stereocenters. The number of amides is 1. The summed E-state index contributed by atoms with van der Waals surface area (Å²) in [6.07, 6.45) is 2.31. The van der Waals surface area contributed by atoms with Crippen LogP contribution in [-0.4, -0.2) is 39.7 Å². The summed E-state index contributed by atoms with van der Waals surface area (Å²) in [5.74, 6) is 0.212. The average molecular weight is 616 g/mol. The lowest BCUT2D eigenvalue weighted by atomic mass is 10.2. The topological polar surface area (TPSA) is 132 Å². The van der Waals surface area contributed by atoms with Crippen LogP contribution in [0.4, 0.5) is 5.69 Å². The second-order valence-corrected chi connectivity index (χ2v) is 11.3. The van der Waals surface area contributed by atoms with Crippen molar-refractivity contribution >= 4 is 33.8 Å².